The lowest BCUT2D eigenvalue weighted by molar-refractivity contribution is 0.100. The molecule has 5 nitrogen and oxygen atoms in total. The summed E-state index contributed by atoms with van der Waals surface area (Å²) in [7, 11) is 0. The number of aromatic nitrogens is 1. The minimum atomic E-state index is -0.434. The molecule has 0 unspecified atom stereocenters. The fraction of sp³-hybridized carbons (Fsp3) is 0.348. The molecule has 0 saturated carbocycles. The van der Waals surface area contributed by atoms with E-state index < -0.39 is 5.91 Å². The van der Waals surface area contributed by atoms with Gasteiger partial charge in [-0.3, -0.25) is 4.79 Å². The summed E-state index contributed by atoms with van der Waals surface area (Å²) in [5.41, 5.74) is 9.34. The number of carbonyl (C=O) groups is 1. The molecule has 2 N–H and O–H groups in total. The second kappa shape index (κ2) is 8.93. The van der Waals surface area contributed by atoms with Crippen LogP contribution < -0.4 is 10.5 Å². The van der Waals surface area contributed by atoms with Gasteiger partial charge in [0.25, 0.3) is 0 Å². The summed E-state index contributed by atoms with van der Waals surface area (Å²) in [6, 6.07) is 16.0. The highest BCUT2D eigenvalue weighted by molar-refractivity contribution is 6.08. The minimum absolute atomic E-state index is 0.434. The molecule has 1 aromatic heterocycles. The van der Waals surface area contributed by atoms with Crippen LogP contribution in [0.2, 0.25) is 0 Å². The van der Waals surface area contributed by atoms with Gasteiger partial charge in [0.2, 0.25) is 5.91 Å². The predicted molar refractivity (Wildman–Crippen MR) is 114 cm³/mol. The van der Waals surface area contributed by atoms with E-state index in [1.54, 1.807) is 6.07 Å². The number of hydrogen-bond donors (Lipinski definition) is 1. The van der Waals surface area contributed by atoms with Crippen LogP contribution in [0.1, 0.15) is 35.5 Å². The highest BCUT2D eigenvalue weighted by Gasteiger charge is 2.20. The van der Waals surface area contributed by atoms with Crippen LogP contribution in [-0.2, 0) is 6.54 Å². The smallest absolute Gasteiger partial charge is 0.249 e. The average molecular weight is 380 g/mol. The van der Waals surface area contributed by atoms with Gasteiger partial charge in [-0.1, -0.05) is 50.2 Å². The van der Waals surface area contributed by atoms with Crippen molar-refractivity contribution in [2.75, 3.05) is 26.2 Å². The molecule has 0 saturated heterocycles. The number of rotatable bonds is 9. The van der Waals surface area contributed by atoms with Crippen molar-refractivity contribution in [3.63, 3.8) is 0 Å². The molecule has 1 amide bonds. The van der Waals surface area contributed by atoms with Crippen LogP contribution in [0.3, 0.4) is 0 Å². The zero-order valence-corrected chi connectivity index (χ0v) is 16.9. The van der Waals surface area contributed by atoms with Crippen LogP contribution in [0.5, 0.6) is 5.75 Å². The third-order valence-corrected chi connectivity index (χ3v) is 5.29. The molecule has 0 fully saturated rings. The Morgan fingerprint density at radius 3 is 2.43 bits per heavy atom. The maximum atomic E-state index is 12.1. The second-order valence-electron chi connectivity index (χ2n) is 6.93. The number of primary amides is 1. The fourth-order valence-electron chi connectivity index (χ4n) is 3.66. The van der Waals surface area contributed by atoms with Gasteiger partial charge < -0.3 is 19.9 Å². The van der Waals surface area contributed by atoms with Crippen LogP contribution in [-0.4, -0.2) is 41.6 Å². The number of hydrogen-bond acceptors (Lipinski definition) is 3. The van der Waals surface area contributed by atoms with E-state index >= 15 is 0 Å². The van der Waals surface area contributed by atoms with Crippen molar-refractivity contribution in [2.45, 2.75) is 27.3 Å². The molecule has 28 heavy (non-hydrogen) atoms. The van der Waals surface area contributed by atoms with E-state index in [2.05, 4.69) is 35.4 Å². The van der Waals surface area contributed by atoms with E-state index in [9.17, 15) is 4.79 Å². The SMILES string of the molecule is CCN(CC)CCOc1c(C)n(Cc2ccccc2)c2cccc(C(N)=O)c12. The van der Waals surface area contributed by atoms with Gasteiger partial charge in [-0.05, 0) is 37.7 Å². The first kappa shape index (κ1) is 20.0. The first-order valence-electron chi connectivity index (χ1n) is 9.87. The van der Waals surface area contributed by atoms with Crippen molar-refractivity contribution in [3.05, 3.63) is 65.4 Å². The number of nitrogens with zero attached hydrogens (tertiary/aromatic N) is 2. The van der Waals surface area contributed by atoms with Gasteiger partial charge >= 0.3 is 0 Å². The second-order valence-corrected chi connectivity index (χ2v) is 6.93. The summed E-state index contributed by atoms with van der Waals surface area (Å²) < 4.78 is 8.42. The highest BCUT2D eigenvalue weighted by atomic mass is 16.5. The van der Waals surface area contributed by atoms with E-state index in [-0.39, 0.29) is 0 Å². The summed E-state index contributed by atoms with van der Waals surface area (Å²) in [6.45, 7) is 10.4. The molecular weight excluding hydrogens is 350 g/mol. The standard InChI is InChI=1S/C23H29N3O2/c1-4-25(5-2)14-15-28-22-17(3)26(16-18-10-7-6-8-11-18)20-13-9-12-19(21(20)22)23(24)27/h6-13H,4-5,14-16H2,1-3H3,(H2,24,27). The quantitative estimate of drug-likeness (QED) is 0.615. The maximum absolute atomic E-state index is 12.1. The fourth-order valence-corrected chi connectivity index (χ4v) is 3.66. The number of nitrogens with two attached hydrogens (primary N) is 1. The number of carbonyl (C=O) groups excluding carboxylic acids is 1. The molecule has 3 aromatic rings. The van der Waals surface area contributed by atoms with Crippen LogP contribution in [0.15, 0.2) is 48.5 Å². The lowest BCUT2D eigenvalue weighted by atomic mass is 10.1. The first-order valence-corrected chi connectivity index (χ1v) is 9.87. The van der Waals surface area contributed by atoms with Crippen LogP contribution in [0, 0.1) is 6.92 Å². The number of likely N-dealkylation sites (N-methyl/N-ethyl adjacent to an activating group) is 1. The molecule has 5 heteroatoms. The summed E-state index contributed by atoms with van der Waals surface area (Å²) >= 11 is 0. The molecule has 1 heterocycles. The Hall–Kier alpha value is -2.79. The average Bonchev–Trinajstić information content (AvgIpc) is 2.97. The normalized spacial score (nSPS) is 11.3. The number of fused-ring (bicyclic) bond motifs is 1. The highest BCUT2D eigenvalue weighted by Crippen LogP contribution is 2.36. The molecule has 3 rings (SSSR count). The molecular formula is C23H29N3O2. The third kappa shape index (κ3) is 4.04. The molecule has 0 aliphatic heterocycles. The number of benzene rings is 2. The van der Waals surface area contributed by atoms with Gasteiger partial charge in [0, 0.05) is 13.1 Å². The molecule has 0 bridgehead atoms. The van der Waals surface area contributed by atoms with Gasteiger partial charge in [0.15, 0.2) is 0 Å². The molecule has 148 valence electrons. The Morgan fingerprint density at radius 2 is 1.79 bits per heavy atom. The van der Waals surface area contributed by atoms with E-state index in [0.29, 0.717) is 18.7 Å². The molecule has 0 radical (unpaired) electrons. The van der Waals surface area contributed by atoms with Crippen molar-refractivity contribution in [3.8, 4) is 5.75 Å². The lowest BCUT2D eigenvalue weighted by Crippen LogP contribution is -2.28. The van der Waals surface area contributed by atoms with Crippen molar-refractivity contribution in [1.82, 2.24) is 9.47 Å². The molecule has 0 atom stereocenters. The van der Waals surface area contributed by atoms with E-state index in [1.165, 1.54) is 5.56 Å². The van der Waals surface area contributed by atoms with Gasteiger partial charge in [0.1, 0.15) is 12.4 Å². The topological polar surface area (TPSA) is 60.5 Å². The van der Waals surface area contributed by atoms with Gasteiger partial charge in [-0.15, -0.1) is 0 Å². The Morgan fingerprint density at radius 1 is 1.07 bits per heavy atom. The summed E-state index contributed by atoms with van der Waals surface area (Å²) in [6.07, 6.45) is 0. The maximum Gasteiger partial charge on any atom is 0.249 e. The van der Waals surface area contributed by atoms with Crippen molar-refractivity contribution >= 4 is 16.8 Å². The van der Waals surface area contributed by atoms with Gasteiger partial charge in [0.05, 0.1) is 22.2 Å². The van der Waals surface area contributed by atoms with Crippen molar-refractivity contribution in [2.24, 2.45) is 5.73 Å². The number of ether oxygens (including phenoxy) is 1. The predicted octanol–water partition coefficient (Wildman–Crippen LogP) is 3.82. The molecule has 0 aliphatic rings. The Kier molecular flexibility index (Phi) is 6.37. The molecule has 0 spiro atoms. The van der Waals surface area contributed by atoms with Gasteiger partial charge in [-0.2, -0.15) is 0 Å². The largest absolute Gasteiger partial charge is 0.490 e. The minimum Gasteiger partial charge on any atom is -0.490 e. The molecule has 2 aromatic carbocycles. The van der Waals surface area contributed by atoms with Crippen LogP contribution >= 0.6 is 0 Å². The first-order chi connectivity index (χ1) is 13.6. The number of amides is 1. The van der Waals surface area contributed by atoms with Crippen LogP contribution in [0.25, 0.3) is 10.9 Å². The van der Waals surface area contributed by atoms with Gasteiger partial charge in [-0.25, -0.2) is 0 Å². The Balaban J connectivity index is 2.03. The zero-order chi connectivity index (χ0) is 20.1. The Bertz CT molecular complexity index is 943. The Labute approximate surface area is 166 Å². The zero-order valence-electron chi connectivity index (χ0n) is 16.9. The van der Waals surface area contributed by atoms with E-state index in [1.807, 2.05) is 37.3 Å². The van der Waals surface area contributed by atoms with Crippen LogP contribution in [0.4, 0.5) is 0 Å². The summed E-state index contributed by atoms with van der Waals surface area (Å²) in [5.74, 6) is 0.323. The monoisotopic (exact) mass is 379 g/mol. The molecule has 0 aliphatic carbocycles. The van der Waals surface area contributed by atoms with Crippen molar-refractivity contribution < 1.29 is 9.53 Å². The van der Waals surface area contributed by atoms with E-state index in [0.717, 1.165) is 42.0 Å². The summed E-state index contributed by atoms with van der Waals surface area (Å²) in [4.78, 5) is 14.4. The van der Waals surface area contributed by atoms with Crippen molar-refractivity contribution in [1.29, 1.82) is 0 Å². The third-order valence-electron chi connectivity index (χ3n) is 5.29. The summed E-state index contributed by atoms with van der Waals surface area (Å²) in [5, 5.41) is 0.808. The van der Waals surface area contributed by atoms with E-state index in [4.69, 9.17) is 10.5 Å². The lowest BCUT2D eigenvalue weighted by Gasteiger charge is -2.18.